The van der Waals surface area contributed by atoms with Crippen molar-refractivity contribution in [2.75, 3.05) is 6.54 Å². The van der Waals surface area contributed by atoms with Gasteiger partial charge in [-0.3, -0.25) is 0 Å². The molecule has 0 aliphatic carbocycles. The maximum atomic E-state index is 5.80. The SMILES string of the molecule is CCNCc1cc(COC(C)(C)C)c(C)s1. The summed E-state index contributed by atoms with van der Waals surface area (Å²) in [5, 5.41) is 3.35. The van der Waals surface area contributed by atoms with Crippen molar-refractivity contribution in [3.8, 4) is 0 Å². The summed E-state index contributed by atoms with van der Waals surface area (Å²) in [5.41, 5.74) is 1.27. The summed E-state index contributed by atoms with van der Waals surface area (Å²) in [5.74, 6) is 0. The van der Waals surface area contributed by atoms with Crippen LogP contribution in [0, 0.1) is 6.92 Å². The summed E-state index contributed by atoms with van der Waals surface area (Å²) in [4.78, 5) is 2.77. The number of rotatable bonds is 5. The third-order valence-electron chi connectivity index (χ3n) is 2.28. The van der Waals surface area contributed by atoms with Crippen LogP contribution >= 0.6 is 11.3 Å². The summed E-state index contributed by atoms with van der Waals surface area (Å²) < 4.78 is 5.80. The second-order valence-electron chi connectivity index (χ2n) is 4.98. The average Bonchev–Trinajstić information content (AvgIpc) is 2.52. The minimum atomic E-state index is -0.0593. The molecular formula is C13H23NOS. The second kappa shape index (κ2) is 5.80. The van der Waals surface area contributed by atoms with Crippen LogP contribution in [0.4, 0.5) is 0 Å². The second-order valence-corrected chi connectivity index (χ2v) is 6.32. The van der Waals surface area contributed by atoms with Gasteiger partial charge in [-0.2, -0.15) is 0 Å². The highest BCUT2D eigenvalue weighted by Gasteiger charge is 2.12. The monoisotopic (exact) mass is 241 g/mol. The molecule has 0 spiro atoms. The molecule has 1 aromatic heterocycles. The number of aryl methyl sites for hydroxylation is 1. The van der Waals surface area contributed by atoms with Gasteiger partial charge in [-0.15, -0.1) is 11.3 Å². The molecule has 1 heterocycles. The smallest absolute Gasteiger partial charge is 0.0734 e. The van der Waals surface area contributed by atoms with E-state index >= 15 is 0 Å². The van der Waals surface area contributed by atoms with Gasteiger partial charge in [0.15, 0.2) is 0 Å². The Balaban J connectivity index is 2.56. The van der Waals surface area contributed by atoms with Crippen LogP contribution in [0.3, 0.4) is 0 Å². The molecule has 16 heavy (non-hydrogen) atoms. The summed E-state index contributed by atoms with van der Waals surface area (Å²) in [7, 11) is 0. The van der Waals surface area contributed by atoms with E-state index in [0.29, 0.717) is 0 Å². The lowest BCUT2D eigenvalue weighted by Gasteiger charge is -2.19. The zero-order valence-electron chi connectivity index (χ0n) is 11.0. The Morgan fingerprint density at radius 3 is 2.62 bits per heavy atom. The molecule has 0 saturated heterocycles. The Morgan fingerprint density at radius 2 is 2.06 bits per heavy atom. The molecular weight excluding hydrogens is 218 g/mol. The normalized spacial score (nSPS) is 12.1. The molecule has 92 valence electrons. The quantitative estimate of drug-likeness (QED) is 0.852. The number of nitrogens with one attached hydrogen (secondary N) is 1. The van der Waals surface area contributed by atoms with Crippen molar-refractivity contribution in [3.05, 3.63) is 21.4 Å². The fraction of sp³-hybridized carbons (Fsp3) is 0.692. The van der Waals surface area contributed by atoms with Crippen LogP contribution in [0.2, 0.25) is 0 Å². The molecule has 1 N–H and O–H groups in total. The van der Waals surface area contributed by atoms with E-state index in [9.17, 15) is 0 Å². The highest BCUT2D eigenvalue weighted by Crippen LogP contribution is 2.23. The number of hydrogen-bond donors (Lipinski definition) is 1. The Kier molecular flexibility index (Phi) is 4.96. The minimum absolute atomic E-state index is 0.0593. The van der Waals surface area contributed by atoms with Crippen molar-refractivity contribution in [1.82, 2.24) is 5.32 Å². The molecule has 1 aromatic rings. The lowest BCUT2D eigenvalue weighted by Crippen LogP contribution is -2.18. The van der Waals surface area contributed by atoms with Crippen LogP contribution < -0.4 is 5.32 Å². The Hall–Kier alpha value is -0.380. The van der Waals surface area contributed by atoms with Gasteiger partial charge in [-0.05, 0) is 45.9 Å². The fourth-order valence-corrected chi connectivity index (χ4v) is 2.38. The van der Waals surface area contributed by atoms with Crippen molar-refractivity contribution in [1.29, 1.82) is 0 Å². The Labute approximate surface area is 103 Å². The molecule has 0 unspecified atom stereocenters. The van der Waals surface area contributed by atoms with Crippen molar-refractivity contribution in [2.24, 2.45) is 0 Å². The fourth-order valence-electron chi connectivity index (χ4n) is 1.36. The molecule has 0 amide bonds. The van der Waals surface area contributed by atoms with Gasteiger partial charge in [0.25, 0.3) is 0 Å². The Morgan fingerprint density at radius 1 is 1.38 bits per heavy atom. The lowest BCUT2D eigenvalue weighted by molar-refractivity contribution is -0.0150. The van der Waals surface area contributed by atoms with Gasteiger partial charge in [-0.1, -0.05) is 6.92 Å². The Bertz CT molecular complexity index is 325. The van der Waals surface area contributed by atoms with E-state index in [0.717, 1.165) is 19.7 Å². The lowest BCUT2D eigenvalue weighted by atomic mass is 10.2. The van der Waals surface area contributed by atoms with E-state index in [4.69, 9.17) is 4.74 Å². The van der Waals surface area contributed by atoms with Crippen molar-refractivity contribution in [3.63, 3.8) is 0 Å². The van der Waals surface area contributed by atoms with Gasteiger partial charge in [0, 0.05) is 16.3 Å². The highest BCUT2D eigenvalue weighted by atomic mass is 32.1. The topological polar surface area (TPSA) is 21.3 Å². The van der Waals surface area contributed by atoms with Crippen LogP contribution in [0.25, 0.3) is 0 Å². The van der Waals surface area contributed by atoms with E-state index in [1.807, 2.05) is 11.3 Å². The van der Waals surface area contributed by atoms with Crippen LogP contribution in [0.15, 0.2) is 6.07 Å². The van der Waals surface area contributed by atoms with Gasteiger partial charge in [0.1, 0.15) is 0 Å². The third-order valence-corrected chi connectivity index (χ3v) is 3.37. The summed E-state index contributed by atoms with van der Waals surface area (Å²) in [6, 6.07) is 2.26. The highest BCUT2D eigenvalue weighted by molar-refractivity contribution is 7.12. The van der Waals surface area contributed by atoms with Gasteiger partial charge < -0.3 is 10.1 Å². The zero-order chi connectivity index (χ0) is 12.2. The van der Waals surface area contributed by atoms with Gasteiger partial charge in [0.2, 0.25) is 0 Å². The van der Waals surface area contributed by atoms with Crippen molar-refractivity contribution in [2.45, 2.75) is 53.4 Å². The maximum absolute atomic E-state index is 5.80. The van der Waals surface area contributed by atoms with Crippen LogP contribution in [0.5, 0.6) is 0 Å². The molecule has 3 heteroatoms. The first-order valence-corrected chi connectivity index (χ1v) is 6.67. The van der Waals surface area contributed by atoms with Crippen molar-refractivity contribution < 1.29 is 4.74 Å². The summed E-state index contributed by atoms with van der Waals surface area (Å²) in [6.45, 7) is 13.3. The van der Waals surface area contributed by atoms with E-state index in [2.05, 4.69) is 46.0 Å². The van der Waals surface area contributed by atoms with Crippen molar-refractivity contribution >= 4 is 11.3 Å². The molecule has 2 nitrogen and oxygen atoms in total. The molecule has 0 aliphatic heterocycles. The maximum Gasteiger partial charge on any atom is 0.0734 e. The zero-order valence-corrected chi connectivity index (χ0v) is 11.8. The summed E-state index contributed by atoms with van der Waals surface area (Å²) >= 11 is 1.86. The average molecular weight is 241 g/mol. The molecule has 0 fully saturated rings. The summed E-state index contributed by atoms with van der Waals surface area (Å²) in [6.07, 6.45) is 0. The number of hydrogen-bond acceptors (Lipinski definition) is 3. The minimum Gasteiger partial charge on any atom is -0.371 e. The first kappa shape index (κ1) is 13.7. The van der Waals surface area contributed by atoms with Gasteiger partial charge >= 0.3 is 0 Å². The van der Waals surface area contributed by atoms with Gasteiger partial charge in [-0.25, -0.2) is 0 Å². The van der Waals surface area contributed by atoms with E-state index in [1.54, 1.807) is 0 Å². The van der Waals surface area contributed by atoms with Crippen LogP contribution in [0.1, 0.15) is 43.0 Å². The molecule has 0 radical (unpaired) electrons. The largest absolute Gasteiger partial charge is 0.371 e. The standard InChI is InChI=1S/C13H23NOS/c1-6-14-8-12-7-11(10(2)16-12)9-15-13(3,4)5/h7,14H,6,8-9H2,1-5H3. The third kappa shape index (κ3) is 4.64. The first-order valence-electron chi connectivity index (χ1n) is 5.85. The van der Waals surface area contributed by atoms with E-state index < -0.39 is 0 Å². The van der Waals surface area contributed by atoms with E-state index in [-0.39, 0.29) is 5.60 Å². The predicted molar refractivity (Wildman–Crippen MR) is 71.0 cm³/mol. The molecule has 0 aliphatic rings. The predicted octanol–water partition coefficient (Wildman–Crippen LogP) is 3.48. The van der Waals surface area contributed by atoms with Gasteiger partial charge in [0.05, 0.1) is 12.2 Å². The molecule has 0 saturated carbocycles. The first-order chi connectivity index (χ1) is 7.42. The van der Waals surface area contributed by atoms with Crippen LogP contribution in [-0.4, -0.2) is 12.1 Å². The van der Waals surface area contributed by atoms with E-state index in [1.165, 1.54) is 15.3 Å². The molecule has 0 bridgehead atoms. The molecule has 0 aromatic carbocycles. The van der Waals surface area contributed by atoms with Crippen LogP contribution in [-0.2, 0) is 17.9 Å². The number of thiophene rings is 1. The molecule has 0 atom stereocenters. The number of ether oxygens (including phenoxy) is 1. The molecule has 1 rings (SSSR count).